The molecule has 0 saturated carbocycles. The number of nitrogens with one attached hydrogen (secondary N) is 1. The number of para-hydroxylation sites is 1. The van der Waals surface area contributed by atoms with Crippen molar-refractivity contribution < 1.29 is 14.3 Å². The number of carbonyl (C=O) groups excluding carboxylic acids is 2. The highest BCUT2D eigenvalue weighted by molar-refractivity contribution is 5.85. The third kappa shape index (κ3) is 3.71. The zero-order valence-electron chi connectivity index (χ0n) is 11.0. The first-order valence-corrected chi connectivity index (χ1v) is 6.49. The average Bonchev–Trinajstić information content (AvgIpc) is 2.92. The van der Waals surface area contributed by atoms with Gasteiger partial charge < -0.3 is 15.0 Å². The highest BCUT2D eigenvalue weighted by Crippen LogP contribution is 2.10. The molecule has 1 aliphatic rings. The van der Waals surface area contributed by atoms with Crippen LogP contribution in [-0.2, 0) is 4.79 Å². The van der Waals surface area contributed by atoms with E-state index in [1.54, 1.807) is 36.1 Å². The Balaban J connectivity index is 1.83. The van der Waals surface area contributed by atoms with Crippen LogP contribution in [0.2, 0.25) is 0 Å². The number of amides is 2. The standard InChI is InChI=1S/C14H18N2O3/c1-11(13(17)16-9-5-6-10-16)15-14(18)19-12-7-3-2-4-8-12/h2-4,7-8,11H,5-6,9-10H2,1H3,(H,15,18)/t11-/m1/s1. The Hall–Kier alpha value is -2.04. The Labute approximate surface area is 112 Å². The molecule has 0 bridgehead atoms. The van der Waals surface area contributed by atoms with E-state index in [0.29, 0.717) is 5.75 Å². The van der Waals surface area contributed by atoms with Crippen molar-refractivity contribution in [3.8, 4) is 5.75 Å². The molecule has 5 heteroatoms. The maximum atomic E-state index is 12.0. The highest BCUT2D eigenvalue weighted by Gasteiger charge is 2.24. The number of likely N-dealkylation sites (tertiary alicyclic amines) is 1. The predicted octanol–water partition coefficient (Wildman–Crippen LogP) is 1.79. The van der Waals surface area contributed by atoms with Gasteiger partial charge in [-0.15, -0.1) is 0 Å². The molecule has 0 aliphatic carbocycles. The molecule has 1 N–H and O–H groups in total. The summed E-state index contributed by atoms with van der Waals surface area (Å²) < 4.78 is 5.08. The minimum Gasteiger partial charge on any atom is -0.410 e. The summed E-state index contributed by atoms with van der Waals surface area (Å²) in [5.41, 5.74) is 0. The van der Waals surface area contributed by atoms with Crippen molar-refractivity contribution in [1.82, 2.24) is 10.2 Å². The fourth-order valence-corrected chi connectivity index (χ4v) is 2.07. The lowest BCUT2D eigenvalue weighted by atomic mass is 10.3. The molecule has 1 saturated heterocycles. The van der Waals surface area contributed by atoms with Gasteiger partial charge in [-0.05, 0) is 31.9 Å². The monoisotopic (exact) mass is 262 g/mol. The van der Waals surface area contributed by atoms with E-state index < -0.39 is 12.1 Å². The summed E-state index contributed by atoms with van der Waals surface area (Å²) in [5, 5.41) is 2.55. The van der Waals surface area contributed by atoms with Gasteiger partial charge in [-0.2, -0.15) is 0 Å². The second-order valence-corrected chi connectivity index (χ2v) is 4.60. The first-order chi connectivity index (χ1) is 9.16. The van der Waals surface area contributed by atoms with Gasteiger partial charge in [0.2, 0.25) is 5.91 Å². The molecule has 0 radical (unpaired) electrons. The van der Waals surface area contributed by atoms with E-state index >= 15 is 0 Å². The van der Waals surface area contributed by atoms with E-state index in [0.717, 1.165) is 25.9 Å². The summed E-state index contributed by atoms with van der Waals surface area (Å²) in [6, 6.07) is 8.21. The van der Waals surface area contributed by atoms with E-state index in [-0.39, 0.29) is 5.91 Å². The fraction of sp³-hybridized carbons (Fsp3) is 0.429. The molecule has 102 valence electrons. The van der Waals surface area contributed by atoms with Crippen LogP contribution < -0.4 is 10.1 Å². The van der Waals surface area contributed by atoms with Gasteiger partial charge in [0.05, 0.1) is 0 Å². The van der Waals surface area contributed by atoms with Crippen LogP contribution in [0.4, 0.5) is 4.79 Å². The van der Waals surface area contributed by atoms with Gasteiger partial charge in [0, 0.05) is 13.1 Å². The third-order valence-electron chi connectivity index (χ3n) is 3.08. The van der Waals surface area contributed by atoms with Crippen molar-refractivity contribution in [3.63, 3.8) is 0 Å². The maximum Gasteiger partial charge on any atom is 0.413 e. The van der Waals surface area contributed by atoms with Crippen LogP contribution in [0, 0.1) is 0 Å². The van der Waals surface area contributed by atoms with Gasteiger partial charge in [0.25, 0.3) is 0 Å². The minimum atomic E-state index is -0.605. The number of ether oxygens (including phenoxy) is 1. The Morgan fingerprint density at radius 1 is 1.21 bits per heavy atom. The van der Waals surface area contributed by atoms with Crippen LogP contribution in [0.3, 0.4) is 0 Å². The van der Waals surface area contributed by atoms with E-state index in [9.17, 15) is 9.59 Å². The zero-order valence-corrected chi connectivity index (χ0v) is 11.0. The molecule has 5 nitrogen and oxygen atoms in total. The van der Waals surface area contributed by atoms with Gasteiger partial charge in [-0.25, -0.2) is 4.79 Å². The van der Waals surface area contributed by atoms with Crippen LogP contribution in [0.25, 0.3) is 0 Å². The van der Waals surface area contributed by atoms with Gasteiger partial charge in [-0.3, -0.25) is 4.79 Å². The van der Waals surface area contributed by atoms with Gasteiger partial charge in [0.15, 0.2) is 0 Å². The zero-order chi connectivity index (χ0) is 13.7. The van der Waals surface area contributed by atoms with Gasteiger partial charge >= 0.3 is 6.09 Å². The molecule has 0 spiro atoms. The number of benzene rings is 1. The average molecular weight is 262 g/mol. The van der Waals surface area contributed by atoms with E-state index in [2.05, 4.69) is 5.32 Å². The molecule has 19 heavy (non-hydrogen) atoms. The van der Waals surface area contributed by atoms with E-state index in [1.807, 2.05) is 6.07 Å². The summed E-state index contributed by atoms with van der Waals surface area (Å²) in [5.74, 6) is 0.406. The molecule has 1 fully saturated rings. The van der Waals surface area contributed by atoms with Crippen LogP contribution >= 0.6 is 0 Å². The highest BCUT2D eigenvalue weighted by atomic mass is 16.6. The molecular formula is C14H18N2O3. The smallest absolute Gasteiger partial charge is 0.410 e. The van der Waals surface area contributed by atoms with Crippen LogP contribution in [0.5, 0.6) is 5.75 Å². The lowest BCUT2D eigenvalue weighted by Crippen LogP contribution is -2.46. The first-order valence-electron chi connectivity index (χ1n) is 6.49. The van der Waals surface area contributed by atoms with Crippen LogP contribution in [0.1, 0.15) is 19.8 Å². The summed E-state index contributed by atoms with van der Waals surface area (Å²) in [7, 11) is 0. The minimum absolute atomic E-state index is 0.0532. The summed E-state index contributed by atoms with van der Waals surface area (Å²) in [6.07, 6.45) is 1.46. The summed E-state index contributed by atoms with van der Waals surface area (Å²) in [6.45, 7) is 3.23. The van der Waals surface area contributed by atoms with Gasteiger partial charge in [0.1, 0.15) is 11.8 Å². The molecule has 1 aromatic rings. The predicted molar refractivity (Wildman–Crippen MR) is 70.9 cm³/mol. The number of carbonyl (C=O) groups is 2. The molecule has 1 heterocycles. The topological polar surface area (TPSA) is 58.6 Å². The molecule has 0 aromatic heterocycles. The molecule has 2 rings (SSSR count). The largest absolute Gasteiger partial charge is 0.413 e. The summed E-state index contributed by atoms with van der Waals surface area (Å²) in [4.78, 5) is 25.4. The third-order valence-corrected chi connectivity index (χ3v) is 3.08. The number of rotatable bonds is 3. The van der Waals surface area contributed by atoms with Crippen molar-refractivity contribution in [3.05, 3.63) is 30.3 Å². The van der Waals surface area contributed by atoms with Crippen LogP contribution in [-0.4, -0.2) is 36.0 Å². The quantitative estimate of drug-likeness (QED) is 0.903. The lowest BCUT2D eigenvalue weighted by molar-refractivity contribution is -0.131. The number of hydrogen-bond donors (Lipinski definition) is 1. The van der Waals surface area contributed by atoms with Crippen molar-refractivity contribution in [2.45, 2.75) is 25.8 Å². The number of nitrogens with zero attached hydrogens (tertiary/aromatic N) is 1. The first kappa shape index (κ1) is 13.4. The van der Waals surface area contributed by atoms with Crippen molar-refractivity contribution in [2.75, 3.05) is 13.1 Å². The van der Waals surface area contributed by atoms with Crippen molar-refractivity contribution in [2.24, 2.45) is 0 Å². The Bertz CT molecular complexity index is 441. The van der Waals surface area contributed by atoms with Crippen molar-refractivity contribution in [1.29, 1.82) is 0 Å². The van der Waals surface area contributed by atoms with Crippen molar-refractivity contribution >= 4 is 12.0 Å². The Kier molecular flexibility index (Phi) is 4.39. The van der Waals surface area contributed by atoms with E-state index in [4.69, 9.17) is 4.74 Å². The van der Waals surface area contributed by atoms with Gasteiger partial charge in [-0.1, -0.05) is 18.2 Å². The Morgan fingerprint density at radius 2 is 1.84 bits per heavy atom. The number of hydrogen-bond acceptors (Lipinski definition) is 3. The second kappa shape index (κ2) is 6.22. The molecule has 1 aliphatic heterocycles. The SMILES string of the molecule is C[C@@H](NC(=O)Oc1ccccc1)C(=O)N1CCCC1. The summed E-state index contributed by atoms with van der Waals surface area (Å²) >= 11 is 0. The molecule has 2 amide bonds. The van der Waals surface area contributed by atoms with Crippen LogP contribution in [0.15, 0.2) is 30.3 Å². The maximum absolute atomic E-state index is 12.0. The molecular weight excluding hydrogens is 244 g/mol. The normalized spacial score (nSPS) is 15.9. The molecule has 1 atom stereocenters. The molecule has 1 aromatic carbocycles. The second-order valence-electron chi connectivity index (χ2n) is 4.60. The Morgan fingerprint density at radius 3 is 2.47 bits per heavy atom. The molecule has 0 unspecified atom stereocenters. The fourth-order valence-electron chi connectivity index (χ4n) is 2.07. The van der Waals surface area contributed by atoms with E-state index in [1.165, 1.54) is 0 Å². The lowest BCUT2D eigenvalue weighted by Gasteiger charge is -2.20.